The highest BCUT2D eigenvalue weighted by Crippen LogP contribution is 2.51. The van der Waals surface area contributed by atoms with Gasteiger partial charge in [0.15, 0.2) is 6.34 Å². The Morgan fingerprint density at radius 3 is 1.50 bits per heavy atom. The quantitative estimate of drug-likeness (QED) is 0.332. The molecule has 3 aromatic carbocycles. The van der Waals surface area contributed by atoms with Crippen molar-refractivity contribution in [1.82, 2.24) is 9.56 Å². The van der Waals surface area contributed by atoms with Crippen LogP contribution in [0.1, 0.15) is 11.1 Å². The van der Waals surface area contributed by atoms with E-state index in [0.717, 1.165) is 16.4 Å². The molecule has 0 spiro atoms. The zero-order valence-electron chi connectivity index (χ0n) is 16.7. The number of phenols is 2. The summed E-state index contributed by atoms with van der Waals surface area (Å²) in [7, 11) is 3.69. The molecule has 30 heavy (non-hydrogen) atoms. The number of rotatable bonds is 7. The van der Waals surface area contributed by atoms with Crippen LogP contribution >= 0.6 is 6.34 Å². The second-order valence-electron chi connectivity index (χ2n) is 6.53. The highest BCUT2D eigenvalue weighted by atomic mass is 32.4. The van der Waals surface area contributed by atoms with Gasteiger partial charge in [0.1, 0.15) is 11.5 Å². The summed E-state index contributed by atoms with van der Waals surface area (Å²) in [5, 5.41) is 29.0. The smallest absolute Gasteiger partial charge is 0.183 e. The molecule has 0 aliphatic heterocycles. The van der Waals surface area contributed by atoms with Crippen molar-refractivity contribution < 1.29 is 10.2 Å². The fourth-order valence-electron chi connectivity index (χ4n) is 2.70. The van der Waals surface area contributed by atoms with E-state index >= 15 is 0 Å². The van der Waals surface area contributed by atoms with Crippen LogP contribution in [0.2, 0.25) is 0 Å². The minimum absolute atomic E-state index is 0.207. The van der Waals surface area contributed by atoms with Crippen molar-refractivity contribution >= 4 is 35.9 Å². The highest BCUT2D eigenvalue weighted by Gasteiger charge is 2.29. The molecule has 3 aromatic rings. The fourth-order valence-corrected chi connectivity index (χ4v) is 5.31. The van der Waals surface area contributed by atoms with Crippen molar-refractivity contribution in [3.05, 3.63) is 90.0 Å². The second kappa shape index (κ2) is 9.57. The Hall–Kier alpha value is -3.15. The first-order valence-corrected chi connectivity index (χ1v) is 11.9. The summed E-state index contributed by atoms with van der Waals surface area (Å²) < 4.78 is 3.55. The molecule has 2 N–H and O–H groups in total. The van der Waals surface area contributed by atoms with E-state index in [2.05, 4.69) is 10.2 Å². The summed E-state index contributed by atoms with van der Waals surface area (Å²) >= 11 is 6.14. The molecule has 0 aliphatic carbocycles. The van der Waals surface area contributed by atoms with Gasteiger partial charge < -0.3 is 10.2 Å². The molecule has 0 aromatic heterocycles. The maximum Gasteiger partial charge on any atom is 0.183 e. The fraction of sp³-hybridized carbons (Fsp3) is 0.0909. The average molecular weight is 438 g/mol. The van der Waals surface area contributed by atoms with Crippen LogP contribution in [0.4, 0.5) is 0 Å². The maximum absolute atomic E-state index is 9.45. The molecule has 0 saturated carbocycles. The second-order valence-corrected chi connectivity index (χ2v) is 10.8. The summed E-state index contributed by atoms with van der Waals surface area (Å²) in [6.07, 6.45) is 0.877. The predicted octanol–water partition coefficient (Wildman–Crippen LogP) is 3.96. The monoisotopic (exact) mass is 438 g/mol. The molecule has 6 nitrogen and oxygen atoms in total. The molecule has 0 atom stereocenters. The molecule has 0 radical (unpaired) electrons. The van der Waals surface area contributed by atoms with Gasteiger partial charge in [0, 0.05) is 19.4 Å². The lowest BCUT2D eigenvalue weighted by Crippen LogP contribution is -2.27. The number of hydrazone groups is 2. The lowest BCUT2D eigenvalue weighted by molar-refractivity contribution is 0.474. The predicted molar refractivity (Wildman–Crippen MR) is 127 cm³/mol. The zero-order valence-corrected chi connectivity index (χ0v) is 18.4. The lowest BCUT2D eigenvalue weighted by Gasteiger charge is -2.35. The van der Waals surface area contributed by atoms with E-state index in [9.17, 15) is 10.2 Å². The maximum atomic E-state index is 9.45. The van der Waals surface area contributed by atoms with Crippen molar-refractivity contribution in [1.29, 1.82) is 0 Å². The molecule has 0 unspecified atom stereocenters. The van der Waals surface area contributed by atoms with Gasteiger partial charge in [-0.15, -0.1) is 0 Å². The Morgan fingerprint density at radius 2 is 1.10 bits per heavy atom. The van der Waals surface area contributed by atoms with Crippen molar-refractivity contribution in [2.45, 2.75) is 0 Å². The molecule has 0 bridgehead atoms. The van der Waals surface area contributed by atoms with Crippen LogP contribution in [-0.4, -0.2) is 46.3 Å². The minimum Gasteiger partial charge on any atom is -0.508 e. The Morgan fingerprint density at radius 1 is 0.700 bits per heavy atom. The van der Waals surface area contributed by atoms with Crippen molar-refractivity contribution in [2.24, 2.45) is 10.2 Å². The molecule has 0 fully saturated rings. The van der Waals surface area contributed by atoms with Gasteiger partial charge >= 0.3 is 0 Å². The molecule has 3 rings (SSSR count). The van der Waals surface area contributed by atoms with Crippen LogP contribution in [0.15, 0.2) is 89.1 Å². The van der Waals surface area contributed by atoms with Gasteiger partial charge in [0.25, 0.3) is 0 Å². The minimum atomic E-state index is -2.54. The first-order chi connectivity index (χ1) is 14.4. The van der Waals surface area contributed by atoms with E-state index in [1.54, 1.807) is 70.5 Å². The van der Waals surface area contributed by atoms with Crippen LogP contribution < -0.4 is 5.30 Å². The van der Waals surface area contributed by atoms with E-state index < -0.39 is 6.34 Å². The topological polar surface area (TPSA) is 71.7 Å². The van der Waals surface area contributed by atoms with E-state index in [1.165, 1.54) is 0 Å². The largest absolute Gasteiger partial charge is 0.508 e. The van der Waals surface area contributed by atoms with E-state index in [4.69, 9.17) is 11.8 Å². The third-order valence-corrected chi connectivity index (χ3v) is 9.21. The molecule has 0 saturated heterocycles. The first-order valence-electron chi connectivity index (χ1n) is 9.19. The van der Waals surface area contributed by atoms with Crippen LogP contribution in [0.25, 0.3) is 0 Å². The number of hydrogen-bond acceptors (Lipinski definition) is 5. The highest BCUT2D eigenvalue weighted by molar-refractivity contribution is 8.15. The zero-order chi connectivity index (χ0) is 21.6. The summed E-state index contributed by atoms with van der Waals surface area (Å²) in [6, 6.07) is 23.4. The van der Waals surface area contributed by atoms with Gasteiger partial charge in [-0.3, -0.25) is 0 Å². The average Bonchev–Trinajstić information content (AvgIpc) is 2.78. The van der Waals surface area contributed by atoms with Gasteiger partial charge in [-0.2, -0.15) is 10.2 Å². The van der Waals surface area contributed by atoms with Crippen molar-refractivity contribution in [3.63, 3.8) is 0 Å². The van der Waals surface area contributed by atoms with Crippen molar-refractivity contribution in [2.75, 3.05) is 14.1 Å². The van der Waals surface area contributed by atoms with Gasteiger partial charge in [-0.25, -0.2) is 9.56 Å². The van der Waals surface area contributed by atoms with Crippen molar-refractivity contribution in [3.8, 4) is 11.5 Å². The molecular weight excluding hydrogens is 415 g/mol. The molecule has 154 valence electrons. The number of aromatic hydroxyl groups is 2. The normalized spacial score (nSPS) is 11.8. The third kappa shape index (κ3) is 5.06. The van der Waals surface area contributed by atoms with E-state index in [0.29, 0.717) is 0 Å². The van der Waals surface area contributed by atoms with E-state index in [1.807, 2.05) is 44.4 Å². The standard InChI is InChI=1S/C22H23N4O2PS/c1-25(23-16-18-8-12-20(27)13-9-18)29(30,22-6-4-3-5-7-22)26(2)24-17-19-10-14-21(28)15-11-19/h3-17,27-28H,1-2H3/b23-16+,24-17+. The Balaban J connectivity index is 1.91. The molecule has 0 heterocycles. The summed E-state index contributed by atoms with van der Waals surface area (Å²) in [5.74, 6) is 0.413. The summed E-state index contributed by atoms with van der Waals surface area (Å²) in [4.78, 5) is 0. The Bertz CT molecular complexity index is 1010. The number of benzene rings is 3. The van der Waals surface area contributed by atoms with Gasteiger partial charge in [-0.05, 0) is 71.5 Å². The third-order valence-electron chi connectivity index (χ3n) is 4.41. The molecule has 8 heteroatoms. The van der Waals surface area contributed by atoms with Gasteiger partial charge in [0.2, 0.25) is 0 Å². The van der Waals surface area contributed by atoms with Gasteiger partial charge in [0.05, 0.1) is 12.4 Å². The first kappa shape index (κ1) is 21.6. The van der Waals surface area contributed by atoms with E-state index in [-0.39, 0.29) is 11.5 Å². The summed E-state index contributed by atoms with van der Waals surface area (Å²) in [5.41, 5.74) is 1.70. The van der Waals surface area contributed by atoms with Crippen LogP contribution in [0, 0.1) is 0 Å². The van der Waals surface area contributed by atoms with Crippen LogP contribution in [0.5, 0.6) is 11.5 Å². The number of hydrogen-bond donors (Lipinski definition) is 2. The molecular formula is C22H23N4O2PS. The van der Waals surface area contributed by atoms with Gasteiger partial charge in [-0.1, -0.05) is 30.3 Å². The molecule has 0 amide bonds. The summed E-state index contributed by atoms with van der Waals surface area (Å²) in [6.45, 7) is 0. The van der Waals surface area contributed by atoms with Crippen LogP contribution in [-0.2, 0) is 11.8 Å². The Kier molecular flexibility index (Phi) is 6.87. The SMILES string of the molecule is CN(/N=C/c1ccc(O)cc1)P(=S)(c1ccccc1)N(C)/N=C/c1ccc(O)cc1. The Labute approximate surface area is 181 Å². The number of phenolic OH excluding ortho intramolecular Hbond substituents is 2. The van der Waals surface area contributed by atoms with Crippen LogP contribution in [0.3, 0.4) is 0 Å². The lowest BCUT2D eigenvalue weighted by atomic mass is 10.2. The molecule has 0 aliphatic rings. The number of nitrogens with zero attached hydrogens (tertiary/aromatic N) is 4.